The van der Waals surface area contributed by atoms with Gasteiger partial charge in [-0.2, -0.15) is 4.31 Å². The minimum atomic E-state index is -4.11. The third-order valence-corrected chi connectivity index (χ3v) is 8.34. The minimum absolute atomic E-state index is 0.0848. The van der Waals surface area contributed by atoms with E-state index in [-0.39, 0.29) is 32.1 Å². The number of amides is 1. The third-order valence-electron chi connectivity index (χ3n) is 6.42. The zero-order valence-corrected chi connectivity index (χ0v) is 15.9. The molecule has 3 atom stereocenters. The topological polar surface area (TPSA) is 57.7 Å². The molecule has 1 aromatic rings. The monoisotopic (exact) mass is 398 g/mol. The zero-order valence-electron chi connectivity index (χ0n) is 15.1. The summed E-state index contributed by atoms with van der Waals surface area (Å²) in [5, 5.41) is 0. The van der Waals surface area contributed by atoms with Crippen molar-refractivity contribution in [1.82, 2.24) is 9.21 Å². The molecule has 8 heteroatoms. The van der Waals surface area contributed by atoms with E-state index in [4.69, 9.17) is 0 Å². The molecule has 4 rings (SSSR count). The van der Waals surface area contributed by atoms with Crippen molar-refractivity contribution < 1.29 is 22.0 Å². The molecule has 148 valence electrons. The lowest BCUT2D eigenvalue weighted by Crippen LogP contribution is -2.51. The van der Waals surface area contributed by atoms with Crippen LogP contribution >= 0.6 is 0 Å². The number of benzene rings is 1. The number of nitrogens with zero attached hydrogens (tertiary/aromatic N) is 2. The lowest BCUT2D eigenvalue weighted by Gasteiger charge is -2.35. The van der Waals surface area contributed by atoms with E-state index in [1.165, 1.54) is 19.3 Å². The van der Waals surface area contributed by atoms with Gasteiger partial charge in [0.1, 0.15) is 16.5 Å². The van der Waals surface area contributed by atoms with Crippen molar-refractivity contribution in [2.45, 2.75) is 37.0 Å². The first-order valence-corrected chi connectivity index (χ1v) is 11.0. The van der Waals surface area contributed by atoms with Gasteiger partial charge in [0.05, 0.1) is 0 Å². The van der Waals surface area contributed by atoms with Gasteiger partial charge in [0.2, 0.25) is 15.9 Å². The summed E-state index contributed by atoms with van der Waals surface area (Å²) in [5.74, 6) is 0.259. The summed E-state index contributed by atoms with van der Waals surface area (Å²) in [5.41, 5.74) is 0. The van der Waals surface area contributed by atoms with Gasteiger partial charge in [-0.05, 0) is 55.2 Å². The van der Waals surface area contributed by atoms with Crippen molar-refractivity contribution >= 4 is 15.9 Å². The molecule has 2 saturated carbocycles. The van der Waals surface area contributed by atoms with Crippen LogP contribution in [0, 0.1) is 29.4 Å². The molecule has 0 radical (unpaired) electrons. The maximum Gasteiger partial charge on any atom is 0.246 e. The van der Waals surface area contributed by atoms with Gasteiger partial charge in [-0.25, -0.2) is 17.2 Å². The molecule has 0 aromatic heterocycles. The number of hydrogen-bond acceptors (Lipinski definition) is 3. The number of carbonyl (C=O) groups excluding carboxylic acids is 1. The fraction of sp³-hybridized carbons (Fsp3) is 0.632. The van der Waals surface area contributed by atoms with Gasteiger partial charge in [0.25, 0.3) is 0 Å². The van der Waals surface area contributed by atoms with Crippen LogP contribution in [0.25, 0.3) is 0 Å². The number of piperazine rings is 1. The largest absolute Gasteiger partial charge is 0.340 e. The molecule has 1 amide bonds. The average Bonchev–Trinajstić information content (AvgIpc) is 3.27. The Bertz CT molecular complexity index is 837. The van der Waals surface area contributed by atoms with Crippen LogP contribution in [0.1, 0.15) is 32.1 Å². The molecule has 2 aliphatic carbocycles. The Morgan fingerprint density at radius 3 is 2.44 bits per heavy atom. The van der Waals surface area contributed by atoms with Crippen molar-refractivity contribution in [3.8, 4) is 0 Å². The van der Waals surface area contributed by atoms with Crippen LogP contribution in [0.5, 0.6) is 0 Å². The highest BCUT2D eigenvalue weighted by molar-refractivity contribution is 7.89. The summed E-state index contributed by atoms with van der Waals surface area (Å²) >= 11 is 0. The average molecular weight is 398 g/mol. The zero-order chi connectivity index (χ0) is 19.2. The predicted molar refractivity (Wildman–Crippen MR) is 95.3 cm³/mol. The Morgan fingerprint density at radius 1 is 1.07 bits per heavy atom. The fourth-order valence-electron chi connectivity index (χ4n) is 4.97. The summed E-state index contributed by atoms with van der Waals surface area (Å²) in [6.45, 7) is 0.771. The molecule has 2 bridgehead atoms. The van der Waals surface area contributed by atoms with E-state index in [1.807, 2.05) is 0 Å². The standard InChI is InChI=1S/C19H24F2N2O3S/c20-16-3-4-17(21)18(12-16)27(25,26)23-7-5-22(6-8-23)19(24)11-15-10-13-1-2-14(15)9-13/h3-4,12-15H,1-2,5-11H2. The van der Waals surface area contributed by atoms with Crippen molar-refractivity contribution in [3.05, 3.63) is 29.8 Å². The van der Waals surface area contributed by atoms with Crippen molar-refractivity contribution in [2.24, 2.45) is 17.8 Å². The van der Waals surface area contributed by atoms with Gasteiger partial charge >= 0.3 is 0 Å². The molecule has 3 fully saturated rings. The highest BCUT2D eigenvalue weighted by atomic mass is 32.2. The molecule has 3 aliphatic rings. The van der Waals surface area contributed by atoms with Crippen LogP contribution in [0.15, 0.2) is 23.1 Å². The van der Waals surface area contributed by atoms with Crippen molar-refractivity contribution in [1.29, 1.82) is 0 Å². The van der Waals surface area contributed by atoms with Gasteiger partial charge in [0.15, 0.2) is 0 Å². The maximum absolute atomic E-state index is 13.9. The first kappa shape index (κ1) is 18.8. The number of hydrogen-bond donors (Lipinski definition) is 0. The smallest absolute Gasteiger partial charge is 0.246 e. The molecule has 0 spiro atoms. The van der Waals surface area contributed by atoms with E-state index >= 15 is 0 Å². The van der Waals surface area contributed by atoms with E-state index in [0.717, 1.165) is 28.8 Å². The lowest BCUT2D eigenvalue weighted by molar-refractivity contribution is -0.133. The van der Waals surface area contributed by atoms with E-state index in [1.54, 1.807) is 4.90 Å². The molecular weight excluding hydrogens is 374 g/mol. The molecule has 1 saturated heterocycles. The highest BCUT2D eigenvalue weighted by Gasteiger charge is 2.41. The molecule has 0 N–H and O–H groups in total. The highest BCUT2D eigenvalue weighted by Crippen LogP contribution is 2.49. The summed E-state index contributed by atoms with van der Waals surface area (Å²) < 4.78 is 53.6. The number of rotatable bonds is 4. The normalized spacial score (nSPS) is 28.7. The first-order chi connectivity index (χ1) is 12.8. The van der Waals surface area contributed by atoms with Gasteiger partial charge in [-0.1, -0.05) is 6.42 Å². The van der Waals surface area contributed by atoms with E-state index < -0.39 is 26.6 Å². The van der Waals surface area contributed by atoms with E-state index in [0.29, 0.717) is 24.3 Å². The molecular formula is C19H24F2N2O3S. The minimum Gasteiger partial charge on any atom is -0.340 e. The van der Waals surface area contributed by atoms with E-state index in [2.05, 4.69) is 0 Å². The Labute approximate surface area is 158 Å². The quantitative estimate of drug-likeness (QED) is 0.784. The summed E-state index contributed by atoms with van der Waals surface area (Å²) in [6, 6.07) is 2.41. The van der Waals surface area contributed by atoms with Crippen LogP contribution in [0.3, 0.4) is 0 Å². The maximum atomic E-state index is 13.9. The molecule has 1 heterocycles. The van der Waals surface area contributed by atoms with E-state index in [9.17, 15) is 22.0 Å². The van der Waals surface area contributed by atoms with Crippen LogP contribution in [0.4, 0.5) is 8.78 Å². The van der Waals surface area contributed by atoms with Gasteiger partial charge in [-0.3, -0.25) is 4.79 Å². The second-order valence-electron chi connectivity index (χ2n) is 8.00. The Balaban J connectivity index is 1.37. The third kappa shape index (κ3) is 3.61. The molecule has 1 aliphatic heterocycles. The Kier molecular flexibility index (Phi) is 4.96. The van der Waals surface area contributed by atoms with Gasteiger partial charge in [0, 0.05) is 32.6 Å². The SMILES string of the molecule is O=C(CC1CC2CCC1C2)N1CCN(S(=O)(=O)c2cc(F)ccc2F)CC1. The number of fused-ring (bicyclic) bond motifs is 2. The fourth-order valence-corrected chi connectivity index (χ4v) is 6.47. The van der Waals surface area contributed by atoms with Gasteiger partial charge < -0.3 is 4.90 Å². The molecule has 5 nitrogen and oxygen atoms in total. The summed E-state index contributed by atoms with van der Waals surface area (Å²) in [4.78, 5) is 13.7. The lowest BCUT2D eigenvalue weighted by atomic mass is 9.86. The van der Waals surface area contributed by atoms with Crippen LogP contribution in [-0.4, -0.2) is 49.7 Å². The second-order valence-corrected chi connectivity index (χ2v) is 9.91. The number of carbonyl (C=O) groups is 1. The summed E-state index contributed by atoms with van der Waals surface area (Å²) in [6.07, 6.45) is 5.47. The van der Waals surface area contributed by atoms with Crippen LogP contribution in [-0.2, 0) is 14.8 Å². The number of halogens is 2. The Morgan fingerprint density at radius 2 is 1.81 bits per heavy atom. The van der Waals surface area contributed by atoms with Gasteiger partial charge in [-0.15, -0.1) is 0 Å². The molecule has 3 unspecified atom stereocenters. The summed E-state index contributed by atoms with van der Waals surface area (Å²) in [7, 11) is -4.11. The predicted octanol–water partition coefficient (Wildman–Crippen LogP) is 2.62. The molecule has 1 aromatic carbocycles. The number of sulfonamides is 1. The second kappa shape index (κ2) is 7.13. The van der Waals surface area contributed by atoms with Crippen molar-refractivity contribution in [2.75, 3.05) is 26.2 Å². The Hall–Kier alpha value is -1.54. The first-order valence-electron chi connectivity index (χ1n) is 9.57. The molecule has 27 heavy (non-hydrogen) atoms. The van der Waals surface area contributed by atoms with Crippen LogP contribution < -0.4 is 0 Å². The van der Waals surface area contributed by atoms with Crippen molar-refractivity contribution in [3.63, 3.8) is 0 Å². The van der Waals surface area contributed by atoms with Crippen LogP contribution in [0.2, 0.25) is 0 Å².